The molecule has 7 heteroatoms. The van der Waals surface area contributed by atoms with Gasteiger partial charge in [0, 0.05) is 6.04 Å². The molecule has 0 saturated heterocycles. The second-order valence-electron chi connectivity index (χ2n) is 16.2. The van der Waals surface area contributed by atoms with Crippen LogP contribution in [0.2, 0.25) is 55.9 Å². The van der Waals surface area contributed by atoms with Crippen molar-refractivity contribution in [3.8, 4) is 0 Å². The van der Waals surface area contributed by atoms with Gasteiger partial charge < -0.3 is 12.3 Å². The summed E-state index contributed by atoms with van der Waals surface area (Å²) in [6.45, 7) is 47.6. The van der Waals surface area contributed by atoms with Gasteiger partial charge >= 0.3 is 8.80 Å². The third-order valence-electron chi connectivity index (χ3n) is 10.8. The van der Waals surface area contributed by atoms with Crippen molar-refractivity contribution in [1.29, 1.82) is 0 Å². The highest BCUT2D eigenvalue weighted by Gasteiger charge is 2.63. The molecule has 252 valence electrons. The van der Waals surface area contributed by atoms with Crippen molar-refractivity contribution in [2.75, 3.05) is 0 Å². The van der Waals surface area contributed by atoms with Gasteiger partial charge in [-0.25, -0.2) is 0 Å². The van der Waals surface area contributed by atoms with E-state index >= 15 is 0 Å². The molecule has 3 nitrogen and oxygen atoms in total. The Bertz CT molecular complexity index is 610. The molecule has 0 radical (unpaired) electrons. The van der Waals surface area contributed by atoms with Crippen molar-refractivity contribution in [1.82, 2.24) is 0 Å². The monoisotopic (exact) mass is 659 g/mol. The van der Waals surface area contributed by atoms with Crippen LogP contribution in [-0.2, 0) is 12.3 Å². The molecular formula is C35H78O3Si4. The number of hydrogen-bond acceptors (Lipinski definition) is 3. The third-order valence-corrected chi connectivity index (χ3v) is 35.9. The standard InChI is InChI=1S/C35H78O3Si4/c1-20-21-22-23-24-25-26-39(36-40(27(2)3,28(4)5)29(6)7,37-41(30(8)9,31(10)11)32(12)13)38-42(33(14)15,34(16)17)35(18)19/h20,27-35H,1,21-26H2,2-19H3. The highest BCUT2D eigenvalue weighted by Crippen LogP contribution is 2.53. The summed E-state index contributed by atoms with van der Waals surface area (Å²) in [5, 5.41) is 0. The SMILES string of the molecule is C=CCCCCCC[Si](O[Si](C(C)C)(C(C)C)C(C)C)(O[Si](C(C)C)(C(C)C)C(C)C)O[Si](C(C)C)(C(C)C)C(C)C. The van der Waals surface area contributed by atoms with Crippen LogP contribution in [0.5, 0.6) is 0 Å². The van der Waals surface area contributed by atoms with E-state index in [0.717, 1.165) is 18.9 Å². The van der Waals surface area contributed by atoms with E-state index < -0.39 is 33.8 Å². The average molecular weight is 659 g/mol. The zero-order valence-electron chi connectivity index (χ0n) is 31.9. The molecule has 0 aromatic heterocycles. The van der Waals surface area contributed by atoms with Crippen LogP contribution in [0.4, 0.5) is 0 Å². The highest BCUT2D eigenvalue weighted by atomic mass is 28.5. The minimum Gasteiger partial charge on any atom is -0.415 e. The predicted octanol–water partition coefficient (Wildman–Crippen LogP) is 13.6. The molecule has 0 aromatic rings. The van der Waals surface area contributed by atoms with E-state index in [1.165, 1.54) is 19.3 Å². The number of unbranched alkanes of at least 4 members (excludes halogenated alkanes) is 4. The van der Waals surface area contributed by atoms with Crippen molar-refractivity contribution in [3.05, 3.63) is 12.7 Å². The zero-order valence-corrected chi connectivity index (χ0v) is 35.9. The molecule has 0 aliphatic carbocycles. The smallest absolute Gasteiger partial charge is 0.415 e. The van der Waals surface area contributed by atoms with E-state index in [-0.39, 0.29) is 0 Å². The highest BCUT2D eigenvalue weighted by molar-refractivity contribution is 6.94. The molecule has 0 saturated carbocycles. The maximum absolute atomic E-state index is 8.14. The van der Waals surface area contributed by atoms with Gasteiger partial charge in [-0.2, -0.15) is 0 Å². The first-order valence-corrected chi connectivity index (χ1v) is 26.2. The predicted molar refractivity (Wildman–Crippen MR) is 200 cm³/mol. The van der Waals surface area contributed by atoms with Crippen molar-refractivity contribution in [2.45, 2.75) is 213 Å². The fourth-order valence-corrected chi connectivity index (χ4v) is 39.6. The molecule has 0 aliphatic rings. The van der Waals surface area contributed by atoms with Crippen molar-refractivity contribution >= 4 is 33.8 Å². The van der Waals surface area contributed by atoms with Crippen LogP contribution >= 0.6 is 0 Å². The van der Waals surface area contributed by atoms with Gasteiger partial charge in [0.15, 0.2) is 25.0 Å². The second kappa shape index (κ2) is 18.0. The first-order chi connectivity index (χ1) is 19.2. The van der Waals surface area contributed by atoms with Crippen LogP contribution in [0.15, 0.2) is 12.7 Å². The van der Waals surface area contributed by atoms with Crippen LogP contribution in [0, 0.1) is 0 Å². The molecule has 0 spiro atoms. The Kier molecular flexibility index (Phi) is 18.2. The molecule has 0 bridgehead atoms. The summed E-state index contributed by atoms with van der Waals surface area (Å²) in [5.74, 6) is 0. The van der Waals surface area contributed by atoms with E-state index in [9.17, 15) is 0 Å². The van der Waals surface area contributed by atoms with Crippen molar-refractivity contribution in [2.24, 2.45) is 0 Å². The van der Waals surface area contributed by atoms with E-state index in [1.807, 2.05) is 0 Å². The average Bonchev–Trinajstić information content (AvgIpc) is 2.84. The fraction of sp³-hybridized carbons (Fsp3) is 0.943. The van der Waals surface area contributed by atoms with E-state index in [1.54, 1.807) is 0 Å². The Balaban J connectivity index is 7.75. The summed E-state index contributed by atoms with van der Waals surface area (Å²) in [4.78, 5) is 0. The molecule has 0 unspecified atom stereocenters. The minimum absolute atomic E-state index is 0.491. The van der Waals surface area contributed by atoms with Gasteiger partial charge in [0.2, 0.25) is 0 Å². The van der Waals surface area contributed by atoms with Crippen LogP contribution in [0.25, 0.3) is 0 Å². The summed E-state index contributed by atoms with van der Waals surface area (Å²) in [6, 6.07) is 0.962. The first-order valence-electron chi connectivity index (χ1n) is 17.9. The fourth-order valence-electron chi connectivity index (χ4n) is 9.07. The molecule has 0 atom stereocenters. The van der Waals surface area contributed by atoms with Crippen LogP contribution in [0.3, 0.4) is 0 Å². The van der Waals surface area contributed by atoms with Crippen LogP contribution in [-0.4, -0.2) is 33.8 Å². The van der Waals surface area contributed by atoms with E-state index in [0.29, 0.717) is 49.9 Å². The maximum Gasteiger partial charge on any atom is 0.469 e. The Morgan fingerprint density at radius 2 is 0.643 bits per heavy atom. The molecule has 0 aliphatic heterocycles. The lowest BCUT2D eigenvalue weighted by Gasteiger charge is -2.56. The number of hydrogen-bond donors (Lipinski definition) is 0. The Hall–Kier alpha value is 0.488. The molecular weight excluding hydrogens is 581 g/mol. The van der Waals surface area contributed by atoms with Gasteiger partial charge in [-0.15, -0.1) is 6.58 Å². The normalized spacial score (nSPS) is 14.5. The van der Waals surface area contributed by atoms with Gasteiger partial charge in [-0.1, -0.05) is 144 Å². The van der Waals surface area contributed by atoms with Gasteiger partial charge in [0.1, 0.15) is 0 Å². The number of rotatable bonds is 22. The van der Waals surface area contributed by atoms with E-state index in [2.05, 4.69) is 137 Å². The lowest BCUT2D eigenvalue weighted by atomic mass is 10.1. The lowest BCUT2D eigenvalue weighted by Crippen LogP contribution is -2.69. The Labute approximate surface area is 270 Å². The molecule has 0 N–H and O–H groups in total. The van der Waals surface area contributed by atoms with Gasteiger partial charge in [-0.3, -0.25) is 0 Å². The molecule has 0 aromatic carbocycles. The summed E-state index contributed by atoms with van der Waals surface area (Å²) < 4.78 is 24.4. The van der Waals surface area contributed by atoms with Crippen molar-refractivity contribution < 1.29 is 12.3 Å². The molecule has 0 amide bonds. The molecule has 0 fully saturated rings. The van der Waals surface area contributed by atoms with Gasteiger partial charge in [-0.05, 0) is 69.1 Å². The topological polar surface area (TPSA) is 27.7 Å². The van der Waals surface area contributed by atoms with Crippen molar-refractivity contribution in [3.63, 3.8) is 0 Å². The first kappa shape index (κ1) is 42.5. The Morgan fingerprint density at radius 1 is 0.405 bits per heavy atom. The summed E-state index contributed by atoms with van der Waals surface area (Å²) >= 11 is 0. The van der Waals surface area contributed by atoms with Gasteiger partial charge in [0.05, 0.1) is 0 Å². The third kappa shape index (κ3) is 9.51. The van der Waals surface area contributed by atoms with Crippen LogP contribution < -0.4 is 0 Å². The second-order valence-corrected chi connectivity index (χ2v) is 36.0. The lowest BCUT2D eigenvalue weighted by molar-refractivity contribution is 0.216. The zero-order chi connectivity index (χ0) is 33.3. The van der Waals surface area contributed by atoms with E-state index in [4.69, 9.17) is 12.3 Å². The quantitative estimate of drug-likeness (QED) is 0.0658. The summed E-state index contributed by atoms with van der Waals surface area (Å²) in [5.41, 5.74) is 4.42. The maximum atomic E-state index is 8.14. The molecule has 0 heterocycles. The largest absolute Gasteiger partial charge is 0.469 e. The van der Waals surface area contributed by atoms with Gasteiger partial charge in [0.25, 0.3) is 0 Å². The summed E-state index contributed by atoms with van der Waals surface area (Å²) in [6.07, 6.45) is 7.94. The van der Waals surface area contributed by atoms with Crippen LogP contribution in [0.1, 0.15) is 157 Å². The minimum atomic E-state index is -3.17. The molecule has 0 rings (SSSR count). The number of allylic oxidation sites excluding steroid dienone is 1. The Morgan fingerprint density at radius 3 is 0.857 bits per heavy atom. The summed E-state index contributed by atoms with van der Waals surface area (Å²) in [7, 11) is -10.1. The molecule has 42 heavy (non-hydrogen) atoms.